The van der Waals surface area contributed by atoms with Crippen molar-refractivity contribution in [2.75, 3.05) is 28.8 Å². The van der Waals surface area contributed by atoms with Gasteiger partial charge in [-0.15, -0.1) is 0 Å². The van der Waals surface area contributed by atoms with Crippen LogP contribution in [0, 0.1) is 12.7 Å². The van der Waals surface area contributed by atoms with Gasteiger partial charge >= 0.3 is 0 Å². The third kappa shape index (κ3) is 6.66. The van der Waals surface area contributed by atoms with Gasteiger partial charge in [0.25, 0.3) is 15.9 Å². The van der Waals surface area contributed by atoms with Crippen LogP contribution in [0.15, 0.2) is 82.8 Å². The molecule has 0 atom stereocenters. The highest BCUT2D eigenvalue weighted by Crippen LogP contribution is 2.24. The Labute approximate surface area is 205 Å². The first-order valence-electron chi connectivity index (χ1n) is 11.3. The van der Waals surface area contributed by atoms with Gasteiger partial charge in [0.2, 0.25) is 0 Å². The molecule has 0 aliphatic heterocycles. The van der Waals surface area contributed by atoms with E-state index >= 15 is 0 Å². The summed E-state index contributed by atoms with van der Waals surface area (Å²) in [5.74, 6) is -1.17. The van der Waals surface area contributed by atoms with E-state index in [9.17, 15) is 17.6 Å². The molecule has 35 heavy (non-hydrogen) atoms. The van der Waals surface area contributed by atoms with E-state index < -0.39 is 28.3 Å². The van der Waals surface area contributed by atoms with Crippen molar-refractivity contribution in [1.82, 2.24) is 5.43 Å². The summed E-state index contributed by atoms with van der Waals surface area (Å²) in [5, 5.41) is 3.97. The van der Waals surface area contributed by atoms with Gasteiger partial charge in [-0.2, -0.15) is 5.10 Å². The monoisotopic (exact) mass is 496 g/mol. The third-order valence-corrected chi connectivity index (χ3v) is 7.22. The van der Waals surface area contributed by atoms with Crippen molar-refractivity contribution in [3.63, 3.8) is 0 Å². The molecule has 3 aromatic carbocycles. The van der Waals surface area contributed by atoms with Crippen LogP contribution in [0.4, 0.5) is 15.8 Å². The summed E-state index contributed by atoms with van der Waals surface area (Å²) in [6.07, 6.45) is 1.49. The zero-order valence-corrected chi connectivity index (χ0v) is 20.8. The predicted molar refractivity (Wildman–Crippen MR) is 138 cm³/mol. The number of nitrogens with one attached hydrogen (secondary N) is 1. The molecule has 0 aliphatic rings. The van der Waals surface area contributed by atoms with Crippen LogP contribution < -0.4 is 14.6 Å². The number of hydrogen-bond donors (Lipinski definition) is 1. The minimum Gasteiger partial charge on any atom is -0.372 e. The van der Waals surface area contributed by atoms with Gasteiger partial charge in [0.15, 0.2) is 0 Å². The maximum atomic E-state index is 13.3. The number of halogens is 1. The number of carbonyl (C=O) groups is 1. The number of sulfonamides is 1. The van der Waals surface area contributed by atoms with Gasteiger partial charge in [-0.3, -0.25) is 9.10 Å². The number of hydrogen-bond acceptors (Lipinski definition) is 5. The van der Waals surface area contributed by atoms with Gasteiger partial charge in [-0.05, 0) is 74.9 Å². The Hall–Kier alpha value is -3.72. The van der Waals surface area contributed by atoms with Crippen LogP contribution in [0.3, 0.4) is 0 Å². The Morgan fingerprint density at radius 2 is 1.49 bits per heavy atom. The van der Waals surface area contributed by atoms with Crippen molar-refractivity contribution in [1.29, 1.82) is 0 Å². The van der Waals surface area contributed by atoms with Crippen LogP contribution in [0.25, 0.3) is 0 Å². The number of benzene rings is 3. The maximum absolute atomic E-state index is 13.3. The molecule has 7 nitrogen and oxygen atoms in total. The highest BCUT2D eigenvalue weighted by atomic mass is 32.2. The quantitative estimate of drug-likeness (QED) is 0.335. The lowest BCUT2D eigenvalue weighted by atomic mass is 10.2. The van der Waals surface area contributed by atoms with Crippen LogP contribution >= 0.6 is 0 Å². The van der Waals surface area contributed by atoms with Crippen LogP contribution in [0.5, 0.6) is 0 Å². The third-order valence-electron chi connectivity index (χ3n) is 5.44. The minimum absolute atomic E-state index is 0.121. The van der Waals surface area contributed by atoms with E-state index in [-0.39, 0.29) is 4.90 Å². The molecule has 0 bridgehead atoms. The second-order valence-corrected chi connectivity index (χ2v) is 9.72. The topological polar surface area (TPSA) is 82.1 Å². The Morgan fingerprint density at radius 1 is 0.914 bits per heavy atom. The number of aryl methyl sites for hydroxylation is 1. The molecule has 0 aromatic heterocycles. The van der Waals surface area contributed by atoms with Crippen LogP contribution in [0.2, 0.25) is 0 Å². The van der Waals surface area contributed by atoms with Gasteiger partial charge in [0, 0.05) is 18.8 Å². The highest BCUT2D eigenvalue weighted by Gasteiger charge is 2.27. The fourth-order valence-electron chi connectivity index (χ4n) is 3.46. The Kier molecular flexibility index (Phi) is 8.59. The van der Waals surface area contributed by atoms with Crippen molar-refractivity contribution >= 4 is 33.5 Å². The van der Waals surface area contributed by atoms with Gasteiger partial charge in [0.1, 0.15) is 12.4 Å². The summed E-state index contributed by atoms with van der Waals surface area (Å²) in [5.41, 5.74) is 5.52. The number of nitrogens with zero attached hydrogens (tertiary/aromatic N) is 3. The van der Waals surface area contributed by atoms with Crippen molar-refractivity contribution in [2.45, 2.75) is 25.7 Å². The molecule has 0 saturated carbocycles. The molecule has 9 heteroatoms. The van der Waals surface area contributed by atoms with Crippen LogP contribution in [0.1, 0.15) is 25.0 Å². The summed E-state index contributed by atoms with van der Waals surface area (Å²) < 4.78 is 40.9. The lowest BCUT2D eigenvalue weighted by Gasteiger charge is -2.23. The van der Waals surface area contributed by atoms with E-state index in [1.54, 1.807) is 24.3 Å². The maximum Gasteiger partial charge on any atom is 0.264 e. The first-order chi connectivity index (χ1) is 16.7. The minimum atomic E-state index is -4.12. The Bertz CT molecular complexity index is 1260. The molecule has 1 N–H and O–H groups in total. The normalized spacial score (nSPS) is 11.4. The van der Waals surface area contributed by atoms with E-state index in [0.717, 1.165) is 46.3 Å². The molecular formula is C26H29FN4O3S. The van der Waals surface area contributed by atoms with E-state index in [1.807, 2.05) is 31.2 Å². The molecule has 0 aliphatic carbocycles. The highest BCUT2D eigenvalue weighted by molar-refractivity contribution is 7.92. The summed E-state index contributed by atoms with van der Waals surface area (Å²) in [6.45, 7) is 7.35. The fourth-order valence-corrected chi connectivity index (χ4v) is 4.89. The van der Waals surface area contributed by atoms with E-state index in [0.29, 0.717) is 5.69 Å². The number of amides is 1. The molecule has 0 unspecified atom stereocenters. The zero-order chi connectivity index (χ0) is 25.4. The lowest BCUT2D eigenvalue weighted by Crippen LogP contribution is -2.39. The molecule has 0 spiro atoms. The molecule has 0 saturated heterocycles. The van der Waals surface area contributed by atoms with E-state index in [4.69, 9.17) is 0 Å². The van der Waals surface area contributed by atoms with Gasteiger partial charge in [0.05, 0.1) is 16.8 Å². The molecular weight excluding hydrogens is 467 g/mol. The SMILES string of the molecule is CCN(CC)c1ccc(/C=N\NC(=O)CN(c2ccc(C)cc2)S(=O)(=O)c2ccc(F)cc2)cc1. The second kappa shape index (κ2) is 11.6. The average molecular weight is 497 g/mol. The van der Waals surface area contributed by atoms with Crippen molar-refractivity contribution in [3.8, 4) is 0 Å². The summed E-state index contributed by atoms with van der Waals surface area (Å²) in [7, 11) is -4.12. The predicted octanol–water partition coefficient (Wildman–Crippen LogP) is 4.33. The molecule has 0 radical (unpaired) electrons. The first kappa shape index (κ1) is 25.9. The molecule has 0 fully saturated rings. The van der Waals surface area contributed by atoms with Crippen molar-refractivity contribution < 1.29 is 17.6 Å². The molecule has 1 amide bonds. The fraction of sp³-hybridized carbons (Fsp3) is 0.231. The first-order valence-corrected chi connectivity index (χ1v) is 12.7. The van der Waals surface area contributed by atoms with Crippen LogP contribution in [-0.2, 0) is 14.8 Å². The summed E-state index contributed by atoms with van der Waals surface area (Å²) >= 11 is 0. The summed E-state index contributed by atoms with van der Waals surface area (Å²) in [4.78, 5) is 14.7. The number of carbonyl (C=O) groups excluding carboxylic acids is 1. The Balaban J connectivity index is 1.75. The van der Waals surface area contributed by atoms with Gasteiger partial charge in [-0.1, -0.05) is 29.8 Å². The molecule has 0 heterocycles. The molecule has 3 rings (SSSR count). The van der Waals surface area contributed by atoms with E-state index in [1.165, 1.54) is 18.3 Å². The number of anilines is 2. The van der Waals surface area contributed by atoms with Crippen LogP contribution in [-0.4, -0.2) is 40.2 Å². The van der Waals surface area contributed by atoms with Crippen molar-refractivity contribution in [3.05, 3.63) is 89.7 Å². The Morgan fingerprint density at radius 3 is 2.06 bits per heavy atom. The van der Waals surface area contributed by atoms with Gasteiger partial charge in [-0.25, -0.2) is 18.2 Å². The standard InChI is InChI=1S/C26H29FN4O3S/c1-4-30(5-2)23-14-8-21(9-15-23)18-28-29-26(32)19-31(24-12-6-20(3)7-13-24)35(33,34)25-16-10-22(27)11-17-25/h6-18H,4-5,19H2,1-3H3,(H,29,32)/b28-18-. The summed E-state index contributed by atoms with van der Waals surface area (Å²) in [6, 6.07) is 18.9. The molecule has 3 aromatic rings. The van der Waals surface area contributed by atoms with E-state index in [2.05, 4.69) is 29.3 Å². The lowest BCUT2D eigenvalue weighted by molar-refractivity contribution is -0.119. The number of hydrazone groups is 1. The smallest absolute Gasteiger partial charge is 0.264 e. The molecule has 184 valence electrons. The zero-order valence-electron chi connectivity index (χ0n) is 20.0. The number of rotatable bonds is 10. The second-order valence-electron chi connectivity index (χ2n) is 7.86. The van der Waals surface area contributed by atoms with Crippen molar-refractivity contribution in [2.24, 2.45) is 5.10 Å². The average Bonchev–Trinajstić information content (AvgIpc) is 2.85. The van der Waals surface area contributed by atoms with Gasteiger partial charge < -0.3 is 4.90 Å². The largest absolute Gasteiger partial charge is 0.372 e.